The van der Waals surface area contributed by atoms with Gasteiger partial charge in [0.25, 0.3) is 0 Å². The van der Waals surface area contributed by atoms with E-state index in [0.717, 1.165) is 11.3 Å². The first-order valence-corrected chi connectivity index (χ1v) is 8.25. The Balaban J connectivity index is 1.98. The summed E-state index contributed by atoms with van der Waals surface area (Å²) in [6, 6.07) is 13.2. The van der Waals surface area contributed by atoms with Crippen molar-refractivity contribution >= 4 is 23.4 Å². The van der Waals surface area contributed by atoms with E-state index in [1.807, 2.05) is 7.05 Å². The molecule has 1 N–H and O–H groups in total. The first-order chi connectivity index (χ1) is 10.1. The third-order valence-electron chi connectivity index (χ3n) is 3.32. The number of hydrogen-bond acceptors (Lipinski definition) is 2. The van der Waals surface area contributed by atoms with Crippen LogP contribution in [0.1, 0.15) is 11.1 Å². The van der Waals surface area contributed by atoms with Gasteiger partial charge in [0.2, 0.25) is 0 Å². The predicted octanol–water partition coefficient (Wildman–Crippen LogP) is 4.71. The maximum atomic E-state index is 13.3. The highest BCUT2D eigenvalue weighted by Gasteiger charge is 2.11. The van der Waals surface area contributed by atoms with Crippen molar-refractivity contribution in [2.45, 2.75) is 24.3 Å². The first kappa shape index (κ1) is 16.3. The van der Waals surface area contributed by atoms with Gasteiger partial charge in [0.15, 0.2) is 0 Å². The fourth-order valence-corrected chi connectivity index (χ4v) is 3.43. The minimum Gasteiger partial charge on any atom is -0.316 e. The van der Waals surface area contributed by atoms with E-state index < -0.39 is 0 Å². The summed E-state index contributed by atoms with van der Waals surface area (Å²) in [6.45, 7) is 2.09. The van der Waals surface area contributed by atoms with Crippen LogP contribution in [0.5, 0.6) is 0 Å². The lowest BCUT2D eigenvalue weighted by molar-refractivity contribution is 0.603. The van der Waals surface area contributed by atoms with Crippen LogP contribution >= 0.6 is 23.4 Å². The number of aryl methyl sites for hydroxylation is 1. The van der Waals surface area contributed by atoms with Crippen LogP contribution in [-0.2, 0) is 6.42 Å². The fourth-order valence-electron chi connectivity index (χ4n) is 2.11. The van der Waals surface area contributed by atoms with Crippen LogP contribution in [-0.4, -0.2) is 18.8 Å². The number of benzene rings is 2. The number of rotatable bonds is 6. The highest BCUT2D eigenvalue weighted by atomic mass is 35.5. The summed E-state index contributed by atoms with van der Waals surface area (Å²) in [5.41, 5.74) is 2.11. The minimum absolute atomic E-state index is 0.240. The SMILES string of the molecule is CNC(CSc1cccc(C)c1)Cc1cc(F)ccc1Cl. The van der Waals surface area contributed by atoms with Crippen molar-refractivity contribution in [3.05, 3.63) is 64.4 Å². The smallest absolute Gasteiger partial charge is 0.123 e. The molecule has 0 amide bonds. The van der Waals surface area contributed by atoms with E-state index in [1.165, 1.54) is 22.6 Å². The van der Waals surface area contributed by atoms with E-state index in [-0.39, 0.29) is 11.9 Å². The monoisotopic (exact) mass is 323 g/mol. The maximum absolute atomic E-state index is 13.3. The summed E-state index contributed by atoms with van der Waals surface area (Å²) in [4.78, 5) is 1.25. The zero-order chi connectivity index (χ0) is 15.2. The molecular formula is C17H19ClFNS. The second kappa shape index (κ2) is 7.83. The molecule has 0 fully saturated rings. The number of halogens is 2. The molecule has 1 atom stereocenters. The van der Waals surface area contributed by atoms with Gasteiger partial charge in [0, 0.05) is 21.7 Å². The van der Waals surface area contributed by atoms with Gasteiger partial charge in [-0.05, 0) is 56.3 Å². The largest absolute Gasteiger partial charge is 0.316 e. The minimum atomic E-state index is -0.240. The molecule has 0 bridgehead atoms. The van der Waals surface area contributed by atoms with Gasteiger partial charge >= 0.3 is 0 Å². The van der Waals surface area contributed by atoms with Crippen molar-refractivity contribution in [3.63, 3.8) is 0 Å². The van der Waals surface area contributed by atoms with Crippen molar-refractivity contribution in [3.8, 4) is 0 Å². The van der Waals surface area contributed by atoms with Gasteiger partial charge in [0.05, 0.1) is 0 Å². The summed E-state index contributed by atoms with van der Waals surface area (Å²) in [5, 5.41) is 3.90. The molecule has 0 heterocycles. The Morgan fingerprint density at radius 1 is 1.24 bits per heavy atom. The van der Waals surface area contributed by atoms with Crippen molar-refractivity contribution in [1.29, 1.82) is 0 Å². The van der Waals surface area contributed by atoms with E-state index in [1.54, 1.807) is 17.8 Å². The first-order valence-electron chi connectivity index (χ1n) is 6.89. The quantitative estimate of drug-likeness (QED) is 0.773. The third-order valence-corrected chi connectivity index (χ3v) is 4.85. The lowest BCUT2D eigenvalue weighted by Crippen LogP contribution is -2.30. The van der Waals surface area contributed by atoms with Crippen molar-refractivity contribution < 1.29 is 4.39 Å². The zero-order valence-electron chi connectivity index (χ0n) is 12.2. The van der Waals surface area contributed by atoms with E-state index in [0.29, 0.717) is 11.4 Å². The van der Waals surface area contributed by atoms with Crippen molar-refractivity contribution in [1.82, 2.24) is 5.32 Å². The number of likely N-dealkylation sites (N-methyl/N-ethyl adjacent to an activating group) is 1. The Labute approximate surface area is 134 Å². The van der Waals surface area contributed by atoms with Crippen molar-refractivity contribution in [2.75, 3.05) is 12.8 Å². The van der Waals surface area contributed by atoms with Crippen LogP contribution < -0.4 is 5.32 Å². The zero-order valence-corrected chi connectivity index (χ0v) is 13.8. The molecule has 4 heteroatoms. The molecule has 0 saturated heterocycles. The molecule has 2 aromatic carbocycles. The Morgan fingerprint density at radius 3 is 2.76 bits per heavy atom. The Bertz CT molecular complexity index is 603. The molecule has 2 aromatic rings. The molecule has 1 unspecified atom stereocenters. The summed E-state index contributed by atoms with van der Waals surface area (Å²) in [7, 11) is 1.93. The molecule has 0 aliphatic heterocycles. The van der Waals surface area contributed by atoms with Gasteiger partial charge in [-0.1, -0.05) is 29.3 Å². The van der Waals surface area contributed by atoms with Crippen LogP contribution in [0.2, 0.25) is 5.02 Å². The van der Waals surface area contributed by atoms with Gasteiger partial charge < -0.3 is 5.32 Å². The molecular weight excluding hydrogens is 305 g/mol. The van der Waals surface area contributed by atoms with E-state index in [4.69, 9.17) is 11.6 Å². The topological polar surface area (TPSA) is 12.0 Å². The fraction of sp³-hybridized carbons (Fsp3) is 0.294. The van der Waals surface area contributed by atoms with Crippen LogP contribution in [0, 0.1) is 12.7 Å². The molecule has 0 saturated carbocycles. The summed E-state index contributed by atoms with van der Waals surface area (Å²) < 4.78 is 13.3. The normalized spacial score (nSPS) is 12.4. The average Bonchev–Trinajstić information content (AvgIpc) is 2.47. The lowest BCUT2D eigenvalue weighted by Gasteiger charge is -2.17. The molecule has 0 spiro atoms. The molecule has 21 heavy (non-hydrogen) atoms. The Hall–Kier alpha value is -1.03. The van der Waals surface area contributed by atoms with Crippen LogP contribution in [0.25, 0.3) is 0 Å². The number of hydrogen-bond donors (Lipinski definition) is 1. The van der Waals surface area contributed by atoms with Gasteiger partial charge in [-0.25, -0.2) is 4.39 Å². The van der Waals surface area contributed by atoms with Crippen LogP contribution in [0.15, 0.2) is 47.4 Å². The van der Waals surface area contributed by atoms with Crippen LogP contribution in [0.3, 0.4) is 0 Å². The van der Waals surface area contributed by atoms with E-state index in [9.17, 15) is 4.39 Å². The van der Waals surface area contributed by atoms with Crippen LogP contribution in [0.4, 0.5) is 4.39 Å². The Kier molecular flexibility index (Phi) is 6.09. The molecule has 0 aliphatic rings. The highest BCUT2D eigenvalue weighted by Crippen LogP contribution is 2.23. The number of nitrogens with one attached hydrogen (secondary N) is 1. The van der Waals surface area contributed by atoms with Crippen molar-refractivity contribution in [2.24, 2.45) is 0 Å². The van der Waals surface area contributed by atoms with Gasteiger partial charge in [0.1, 0.15) is 5.82 Å². The number of thioether (sulfide) groups is 1. The third kappa shape index (κ3) is 5.03. The van der Waals surface area contributed by atoms with Gasteiger partial charge in [-0.3, -0.25) is 0 Å². The molecule has 0 aliphatic carbocycles. The Morgan fingerprint density at radius 2 is 2.05 bits per heavy atom. The average molecular weight is 324 g/mol. The maximum Gasteiger partial charge on any atom is 0.123 e. The van der Waals surface area contributed by atoms with E-state index in [2.05, 4.69) is 36.5 Å². The standard InChI is InChI=1S/C17H19ClFNS/c1-12-4-3-5-16(8-12)21-11-15(20-2)10-13-9-14(19)6-7-17(13)18/h3-9,15,20H,10-11H2,1-2H3. The van der Waals surface area contributed by atoms with Gasteiger partial charge in [-0.15, -0.1) is 11.8 Å². The second-order valence-corrected chi connectivity index (χ2v) is 6.55. The molecule has 112 valence electrons. The second-order valence-electron chi connectivity index (χ2n) is 5.05. The van der Waals surface area contributed by atoms with E-state index >= 15 is 0 Å². The predicted molar refractivity (Wildman–Crippen MR) is 89.9 cm³/mol. The molecule has 2 rings (SSSR count). The lowest BCUT2D eigenvalue weighted by atomic mass is 10.1. The summed E-state index contributed by atoms with van der Waals surface area (Å²) in [6.07, 6.45) is 0.714. The molecule has 0 aromatic heterocycles. The highest BCUT2D eigenvalue weighted by molar-refractivity contribution is 7.99. The summed E-state index contributed by atoms with van der Waals surface area (Å²) >= 11 is 7.93. The molecule has 1 nitrogen and oxygen atoms in total. The molecule has 0 radical (unpaired) electrons. The van der Waals surface area contributed by atoms with Gasteiger partial charge in [-0.2, -0.15) is 0 Å². The summed E-state index contributed by atoms with van der Waals surface area (Å²) in [5.74, 6) is 0.669.